The maximum atomic E-state index is 6.00. The molecule has 2 aromatic heterocycles. The van der Waals surface area contributed by atoms with E-state index in [2.05, 4.69) is 15.0 Å². The highest BCUT2D eigenvalue weighted by Gasteiger charge is 2.26. The molecule has 3 rings (SSSR count). The molecule has 0 N–H and O–H groups in total. The van der Waals surface area contributed by atoms with Gasteiger partial charge in [-0.05, 0) is 18.9 Å². The minimum atomic E-state index is 0.495. The van der Waals surface area contributed by atoms with E-state index in [9.17, 15) is 0 Å². The first-order valence-electron chi connectivity index (χ1n) is 5.26. The second kappa shape index (κ2) is 3.56. The van der Waals surface area contributed by atoms with Crippen molar-refractivity contribution in [1.82, 2.24) is 19.5 Å². The van der Waals surface area contributed by atoms with Crippen molar-refractivity contribution in [2.45, 2.75) is 18.8 Å². The number of hydrogen-bond acceptors (Lipinski definition) is 3. The summed E-state index contributed by atoms with van der Waals surface area (Å²) in [6.07, 6.45) is 6.01. The van der Waals surface area contributed by atoms with Crippen molar-refractivity contribution in [1.29, 1.82) is 0 Å². The summed E-state index contributed by atoms with van der Waals surface area (Å²) in [5.41, 5.74) is 1.04. The molecule has 0 saturated heterocycles. The molecule has 0 aliphatic heterocycles. The average molecular weight is 235 g/mol. The van der Waals surface area contributed by atoms with Crippen LogP contribution in [0.3, 0.4) is 0 Å². The first kappa shape index (κ1) is 9.78. The lowest BCUT2D eigenvalue weighted by Gasteiger charge is -2.03. The molecule has 1 saturated carbocycles. The van der Waals surface area contributed by atoms with Crippen molar-refractivity contribution in [2.75, 3.05) is 0 Å². The predicted molar refractivity (Wildman–Crippen MR) is 61.2 cm³/mol. The van der Waals surface area contributed by atoms with Gasteiger partial charge in [-0.3, -0.25) is 0 Å². The summed E-state index contributed by atoms with van der Waals surface area (Å²) < 4.78 is 1.89. The van der Waals surface area contributed by atoms with Gasteiger partial charge < -0.3 is 4.57 Å². The quantitative estimate of drug-likeness (QED) is 0.750. The summed E-state index contributed by atoms with van der Waals surface area (Å²) in [6.45, 7) is 0. The van der Waals surface area contributed by atoms with Crippen LogP contribution in [0.5, 0.6) is 0 Å². The minimum absolute atomic E-state index is 0.495. The van der Waals surface area contributed by atoms with Gasteiger partial charge >= 0.3 is 0 Å². The highest BCUT2D eigenvalue weighted by atomic mass is 35.5. The van der Waals surface area contributed by atoms with E-state index in [1.54, 1.807) is 6.20 Å². The van der Waals surface area contributed by atoms with Crippen molar-refractivity contribution in [3.8, 4) is 11.6 Å². The number of aromatic nitrogens is 4. The molecule has 0 bridgehead atoms. The van der Waals surface area contributed by atoms with Crippen LogP contribution in [-0.4, -0.2) is 19.5 Å². The summed E-state index contributed by atoms with van der Waals surface area (Å²) in [5.74, 6) is 1.94. The Morgan fingerprint density at radius 1 is 1.38 bits per heavy atom. The van der Waals surface area contributed by atoms with Crippen molar-refractivity contribution >= 4 is 11.6 Å². The zero-order valence-electron chi connectivity index (χ0n) is 8.89. The van der Waals surface area contributed by atoms with Gasteiger partial charge in [0.1, 0.15) is 5.15 Å². The van der Waals surface area contributed by atoms with Gasteiger partial charge in [0.25, 0.3) is 0 Å². The van der Waals surface area contributed by atoms with Crippen LogP contribution >= 0.6 is 11.6 Å². The molecule has 1 fully saturated rings. The molecule has 0 spiro atoms. The zero-order valence-corrected chi connectivity index (χ0v) is 9.65. The number of rotatable bonds is 2. The van der Waals surface area contributed by atoms with Crippen LogP contribution < -0.4 is 0 Å². The van der Waals surface area contributed by atoms with Gasteiger partial charge in [-0.1, -0.05) is 11.6 Å². The van der Waals surface area contributed by atoms with Crippen LogP contribution in [-0.2, 0) is 7.05 Å². The molecule has 82 valence electrons. The van der Waals surface area contributed by atoms with Gasteiger partial charge in [0.05, 0.1) is 0 Å². The van der Waals surface area contributed by atoms with E-state index in [0.717, 1.165) is 11.5 Å². The van der Waals surface area contributed by atoms with Crippen molar-refractivity contribution in [3.63, 3.8) is 0 Å². The van der Waals surface area contributed by atoms with E-state index >= 15 is 0 Å². The lowest BCUT2D eigenvalue weighted by Crippen LogP contribution is -1.99. The third-order valence-electron chi connectivity index (χ3n) is 2.73. The molecule has 1 aliphatic rings. The maximum Gasteiger partial charge on any atom is 0.197 e. The molecule has 2 aromatic rings. The van der Waals surface area contributed by atoms with Gasteiger partial charge in [0.15, 0.2) is 11.6 Å². The number of imidazole rings is 1. The van der Waals surface area contributed by atoms with Gasteiger partial charge in [0.2, 0.25) is 0 Å². The van der Waals surface area contributed by atoms with Crippen molar-refractivity contribution in [3.05, 3.63) is 29.3 Å². The summed E-state index contributed by atoms with van der Waals surface area (Å²) in [4.78, 5) is 13.0. The first-order chi connectivity index (χ1) is 7.74. The molecule has 0 atom stereocenters. The summed E-state index contributed by atoms with van der Waals surface area (Å²) in [5, 5.41) is 0.495. The molecule has 0 aromatic carbocycles. The molecule has 4 nitrogen and oxygen atoms in total. The molecule has 1 aliphatic carbocycles. The predicted octanol–water partition coefficient (Wildman–Crippen LogP) is 2.41. The Balaban J connectivity index is 2.10. The Morgan fingerprint density at radius 3 is 2.81 bits per heavy atom. The van der Waals surface area contributed by atoms with Crippen LogP contribution in [0.4, 0.5) is 0 Å². The molecule has 0 radical (unpaired) electrons. The summed E-state index contributed by atoms with van der Waals surface area (Å²) in [7, 11) is 1.92. The largest absolute Gasteiger partial charge is 0.331 e. The fraction of sp³-hybridized carbons (Fsp3) is 0.364. The average Bonchev–Trinajstić information content (AvgIpc) is 3.01. The Labute approximate surface area is 98.3 Å². The van der Waals surface area contributed by atoms with Gasteiger partial charge in [-0.15, -0.1) is 0 Å². The Bertz CT molecular complexity index is 531. The lowest BCUT2D eigenvalue weighted by molar-refractivity contribution is 0.894. The highest BCUT2D eigenvalue weighted by molar-refractivity contribution is 6.29. The lowest BCUT2D eigenvalue weighted by atomic mass is 10.3. The van der Waals surface area contributed by atoms with Crippen LogP contribution in [0.15, 0.2) is 18.5 Å². The summed E-state index contributed by atoms with van der Waals surface area (Å²) >= 11 is 6.00. The van der Waals surface area contributed by atoms with Crippen LogP contribution in [0.2, 0.25) is 5.15 Å². The fourth-order valence-corrected chi connectivity index (χ4v) is 1.90. The first-order valence-corrected chi connectivity index (χ1v) is 5.64. The standard InChI is InChI=1S/C11H11ClN4/c1-16-5-4-13-11(16)10-14-8(7-2-3-7)6-9(12)15-10/h4-7H,2-3H2,1H3. The second-order valence-electron chi connectivity index (χ2n) is 4.08. The van der Waals surface area contributed by atoms with Crippen LogP contribution in [0, 0.1) is 0 Å². The Morgan fingerprint density at radius 2 is 2.19 bits per heavy atom. The SMILES string of the molecule is Cn1ccnc1-c1nc(Cl)cc(C2CC2)n1. The van der Waals surface area contributed by atoms with Crippen molar-refractivity contribution < 1.29 is 0 Å². The van der Waals surface area contributed by atoms with Crippen molar-refractivity contribution in [2.24, 2.45) is 7.05 Å². The molecule has 2 heterocycles. The maximum absolute atomic E-state index is 6.00. The van der Waals surface area contributed by atoms with Gasteiger partial charge in [-0.2, -0.15) is 0 Å². The molecule has 5 heteroatoms. The molecular weight excluding hydrogens is 224 g/mol. The topological polar surface area (TPSA) is 43.6 Å². The monoisotopic (exact) mass is 234 g/mol. The van der Waals surface area contributed by atoms with E-state index in [4.69, 9.17) is 11.6 Å². The Hall–Kier alpha value is -1.42. The van der Waals surface area contributed by atoms with Crippen LogP contribution in [0.1, 0.15) is 24.5 Å². The molecule has 0 unspecified atom stereocenters. The number of halogens is 1. The third kappa shape index (κ3) is 1.69. The third-order valence-corrected chi connectivity index (χ3v) is 2.93. The highest BCUT2D eigenvalue weighted by Crippen LogP contribution is 2.39. The molecule has 0 amide bonds. The summed E-state index contributed by atoms with van der Waals surface area (Å²) in [6, 6.07) is 1.85. The molecule has 16 heavy (non-hydrogen) atoms. The Kier molecular flexibility index (Phi) is 2.17. The van der Waals surface area contributed by atoms with E-state index in [0.29, 0.717) is 16.9 Å². The smallest absolute Gasteiger partial charge is 0.197 e. The minimum Gasteiger partial charge on any atom is -0.331 e. The molecular formula is C11H11ClN4. The van der Waals surface area contributed by atoms with E-state index in [-0.39, 0.29) is 0 Å². The number of hydrogen-bond donors (Lipinski definition) is 0. The van der Waals surface area contributed by atoms with E-state index < -0.39 is 0 Å². The van der Waals surface area contributed by atoms with Gasteiger partial charge in [-0.25, -0.2) is 15.0 Å². The fourth-order valence-electron chi connectivity index (χ4n) is 1.70. The zero-order chi connectivity index (χ0) is 11.1. The van der Waals surface area contributed by atoms with Crippen LogP contribution in [0.25, 0.3) is 11.6 Å². The van der Waals surface area contributed by atoms with E-state index in [1.165, 1.54) is 12.8 Å². The number of nitrogens with zero attached hydrogens (tertiary/aromatic N) is 4. The second-order valence-corrected chi connectivity index (χ2v) is 4.46. The van der Waals surface area contributed by atoms with Gasteiger partial charge in [0, 0.05) is 31.1 Å². The number of aryl methyl sites for hydroxylation is 1. The van der Waals surface area contributed by atoms with E-state index in [1.807, 2.05) is 23.9 Å². The normalized spacial score (nSPS) is 15.4.